The third-order valence-electron chi connectivity index (χ3n) is 3.70. The van der Waals surface area contributed by atoms with Crippen LogP contribution in [0.15, 0.2) is 18.5 Å². The van der Waals surface area contributed by atoms with Crippen LogP contribution < -0.4 is 4.74 Å². The number of ether oxygens (including phenoxy) is 2. The molecule has 5 heteroatoms. The molecule has 5 nitrogen and oxygen atoms in total. The molecule has 1 fully saturated rings. The molecular formula is C16H24N2O3. The Labute approximate surface area is 126 Å². The molecular weight excluding hydrogens is 268 g/mol. The van der Waals surface area contributed by atoms with Crippen LogP contribution in [0.1, 0.15) is 38.1 Å². The first-order valence-corrected chi connectivity index (χ1v) is 7.40. The van der Waals surface area contributed by atoms with Gasteiger partial charge in [0.15, 0.2) is 5.78 Å². The van der Waals surface area contributed by atoms with E-state index in [1.54, 1.807) is 18.5 Å². The lowest BCUT2D eigenvalue weighted by molar-refractivity contribution is -0.00432. The number of morpholine rings is 1. The maximum absolute atomic E-state index is 12.8. The van der Waals surface area contributed by atoms with Crippen LogP contribution in [0.25, 0.3) is 0 Å². The van der Waals surface area contributed by atoms with E-state index in [0.717, 1.165) is 13.1 Å². The van der Waals surface area contributed by atoms with Gasteiger partial charge in [-0.1, -0.05) is 0 Å². The fourth-order valence-corrected chi connectivity index (χ4v) is 2.50. The van der Waals surface area contributed by atoms with Gasteiger partial charge < -0.3 is 9.47 Å². The van der Waals surface area contributed by atoms with E-state index in [9.17, 15) is 4.79 Å². The summed E-state index contributed by atoms with van der Waals surface area (Å²) in [5.41, 5.74) is 0.0201. The summed E-state index contributed by atoms with van der Waals surface area (Å²) in [5.74, 6) is 0.694. The van der Waals surface area contributed by atoms with Crippen LogP contribution in [0.5, 0.6) is 5.75 Å². The highest BCUT2D eigenvalue weighted by molar-refractivity contribution is 6.02. The SMILES string of the molecule is CC(C)Oc1cncc(C(=O)C(C)(C)N2CCOCC2)c1. The number of carbonyl (C=O) groups is 1. The molecule has 1 aromatic rings. The van der Waals surface area contributed by atoms with Crippen LogP contribution in [-0.2, 0) is 4.74 Å². The Kier molecular flexibility index (Phi) is 4.96. The summed E-state index contributed by atoms with van der Waals surface area (Å²) in [7, 11) is 0. The normalized spacial score (nSPS) is 17.0. The zero-order valence-corrected chi connectivity index (χ0v) is 13.3. The number of hydrogen-bond donors (Lipinski definition) is 0. The van der Waals surface area contributed by atoms with Gasteiger partial charge in [-0.2, -0.15) is 0 Å². The topological polar surface area (TPSA) is 51.7 Å². The Morgan fingerprint density at radius 1 is 1.33 bits per heavy atom. The fraction of sp³-hybridized carbons (Fsp3) is 0.625. The van der Waals surface area contributed by atoms with Crippen LogP contribution in [0.4, 0.5) is 0 Å². The van der Waals surface area contributed by atoms with E-state index < -0.39 is 5.54 Å². The van der Waals surface area contributed by atoms with Gasteiger partial charge in [-0.05, 0) is 33.8 Å². The van der Waals surface area contributed by atoms with Crippen molar-refractivity contribution in [3.63, 3.8) is 0 Å². The van der Waals surface area contributed by atoms with Gasteiger partial charge in [0, 0.05) is 24.8 Å². The molecule has 1 saturated heterocycles. The van der Waals surface area contributed by atoms with Gasteiger partial charge in [0.2, 0.25) is 0 Å². The lowest BCUT2D eigenvalue weighted by atomic mass is 9.91. The van der Waals surface area contributed by atoms with Crippen molar-refractivity contribution in [2.24, 2.45) is 0 Å². The van der Waals surface area contributed by atoms with Gasteiger partial charge in [-0.25, -0.2) is 0 Å². The summed E-state index contributed by atoms with van der Waals surface area (Å²) in [4.78, 5) is 19.1. The number of hydrogen-bond acceptors (Lipinski definition) is 5. The first-order valence-electron chi connectivity index (χ1n) is 7.40. The van der Waals surface area contributed by atoms with Crippen molar-refractivity contribution in [3.8, 4) is 5.75 Å². The minimum Gasteiger partial charge on any atom is -0.489 e. The molecule has 0 aromatic carbocycles. The molecule has 0 N–H and O–H groups in total. The quantitative estimate of drug-likeness (QED) is 0.778. The average molecular weight is 292 g/mol. The molecule has 1 aliphatic heterocycles. The Bertz CT molecular complexity index is 494. The van der Waals surface area contributed by atoms with Crippen LogP contribution >= 0.6 is 0 Å². The molecule has 0 bridgehead atoms. The lowest BCUT2D eigenvalue weighted by Gasteiger charge is -2.39. The van der Waals surface area contributed by atoms with Crippen LogP contribution in [0.3, 0.4) is 0 Å². The minimum atomic E-state index is -0.568. The standard InChI is InChI=1S/C16H24N2O3/c1-12(2)21-14-9-13(10-17-11-14)15(19)16(3,4)18-5-7-20-8-6-18/h9-12H,5-8H2,1-4H3. The molecule has 0 unspecified atom stereocenters. The van der Waals surface area contributed by atoms with Gasteiger partial charge in [0.05, 0.1) is 31.1 Å². The molecule has 0 atom stereocenters. The van der Waals surface area contributed by atoms with E-state index in [4.69, 9.17) is 9.47 Å². The summed E-state index contributed by atoms with van der Waals surface area (Å²) in [5, 5.41) is 0. The first-order chi connectivity index (χ1) is 9.91. The number of rotatable bonds is 5. The second-order valence-electron chi connectivity index (χ2n) is 6.06. The lowest BCUT2D eigenvalue weighted by Crippen LogP contribution is -2.54. The molecule has 1 aromatic heterocycles. The number of Topliss-reactive ketones (excluding diaryl/α,β-unsaturated/α-hetero) is 1. The van der Waals surface area contributed by atoms with Crippen molar-refractivity contribution in [1.29, 1.82) is 0 Å². The molecule has 21 heavy (non-hydrogen) atoms. The number of pyridine rings is 1. The second kappa shape index (κ2) is 6.54. The van der Waals surface area contributed by atoms with E-state index in [2.05, 4.69) is 9.88 Å². The van der Waals surface area contributed by atoms with Crippen molar-refractivity contribution in [2.45, 2.75) is 39.3 Å². The van der Waals surface area contributed by atoms with Crippen molar-refractivity contribution in [2.75, 3.05) is 26.3 Å². The average Bonchev–Trinajstić information content (AvgIpc) is 2.47. The van der Waals surface area contributed by atoms with E-state index in [-0.39, 0.29) is 11.9 Å². The molecule has 0 aliphatic carbocycles. The molecule has 2 heterocycles. The maximum Gasteiger partial charge on any atom is 0.184 e. The Morgan fingerprint density at radius 2 is 2.00 bits per heavy atom. The summed E-state index contributed by atoms with van der Waals surface area (Å²) in [6, 6.07) is 1.78. The Morgan fingerprint density at radius 3 is 2.62 bits per heavy atom. The zero-order valence-electron chi connectivity index (χ0n) is 13.3. The predicted octanol–water partition coefficient (Wildman–Crippen LogP) is 2.16. The minimum absolute atomic E-state index is 0.0596. The zero-order chi connectivity index (χ0) is 15.5. The van der Waals surface area contributed by atoms with Crippen molar-refractivity contribution >= 4 is 5.78 Å². The third-order valence-corrected chi connectivity index (χ3v) is 3.70. The van der Waals surface area contributed by atoms with Crippen LogP contribution in [0, 0.1) is 0 Å². The van der Waals surface area contributed by atoms with Crippen LogP contribution in [0.2, 0.25) is 0 Å². The smallest absolute Gasteiger partial charge is 0.184 e. The molecule has 0 amide bonds. The maximum atomic E-state index is 12.8. The second-order valence-corrected chi connectivity index (χ2v) is 6.06. The summed E-state index contributed by atoms with van der Waals surface area (Å²) < 4.78 is 11.0. The Balaban J connectivity index is 2.17. The molecule has 0 saturated carbocycles. The van der Waals surface area contributed by atoms with Crippen molar-refractivity contribution < 1.29 is 14.3 Å². The summed E-state index contributed by atoms with van der Waals surface area (Å²) in [6.45, 7) is 10.7. The van der Waals surface area contributed by atoms with Gasteiger partial charge in [-0.15, -0.1) is 0 Å². The monoisotopic (exact) mass is 292 g/mol. The highest BCUT2D eigenvalue weighted by atomic mass is 16.5. The summed E-state index contributed by atoms with van der Waals surface area (Å²) in [6.07, 6.45) is 3.31. The van der Waals surface area contributed by atoms with Gasteiger partial charge in [0.25, 0.3) is 0 Å². The fourth-order valence-electron chi connectivity index (χ4n) is 2.50. The van der Waals surface area contributed by atoms with Crippen molar-refractivity contribution in [3.05, 3.63) is 24.0 Å². The van der Waals surface area contributed by atoms with Gasteiger partial charge in [-0.3, -0.25) is 14.7 Å². The van der Waals surface area contributed by atoms with E-state index in [1.807, 2.05) is 27.7 Å². The number of carbonyl (C=O) groups excluding carboxylic acids is 1. The summed E-state index contributed by atoms with van der Waals surface area (Å²) >= 11 is 0. The molecule has 0 spiro atoms. The van der Waals surface area contributed by atoms with Gasteiger partial charge >= 0.3 is 0 Å². The van der Waals surface area contributed by atoms with Gasteiger partial charge in [0.1, 0.15) is 5.75 Å². The highest BCUT2D eigenvalue weighted by Gasteiger charge is 2.36. The third kappa shape index (κ3) is 3.80. The van der Waals surface area contributed by atoms with Crippen molar-refractivity contribution in [1.82, 2.24) is 9.88 Å². The van der Waals surface area contributed by atoms with E-state index in [0.29, 0.717) is 24.5 Å². The largest absolute Gasteiger partial charge is 0.489 e. The molecule has 0 radical (unpaired) electrons. The Hall–Kier alpha value is -1.46. The van der Waals surface area contributed by atoms with E-state index in [1.165, 1.54) is 0 Å². The molecule has 2 rings (SSSR count). The number of ketones is 1. The number of nitrogens with zero attached hydrogens (tertiary/aromatic N) is 2. The first kappa shape index (κ1) is 15.9. The van der Waals surface area contributed by atoms with Crippen LogP contribution in [-0.4, -0.2) is 53.6 Å². The highest BCUT2D eigenvalue weighted by Crippen LogP contribution is 2.23. The predicted molar refractivity (Wildman–Crippen MR) is 80.8 cm³/mol. The number of aromatic nitrogens is 1. The molecule has 1 aliphatic rings. The molecule has 116 valence electrons. The van der Waals surface area contributed by atoms with E-state index >= 15 is 0 Å².